The van der Waals surface area contributed by atoms with Crippen LogP contribution in [0.3, 0.4) is 0 Å². The monoisotopic (exact) mass is 487 g/mol. The summed E-state index contributed by atoms with van der Waals surface area (Å²) in [6.07, 6.45) is -0.409. The molecule has 1 atom stereocenters. The summed E-state index contributed by atoms with van der Waals surface area (Å²) in [5.74, 6) is 1.15. The number of aliphatic hydroxyl groups is 1. The molecule has 0 amide bonds. The molecule has 0 spiro atoms. The number of nitrogens with zero attached hydrogens (tertiary/aromatic N) is 4. The number of alkyl halides is 3. The number of nitrogens with one attached hydrogen (secondary N) is 1. The quantitative estimate of drug-likeness (QED) is 0.436. The second kappa shape index (κ2) is 9.41. The maximum absolute atomic E-state index is 13.2. The number of aryl methyl sites for hydroxylation is 1. The van der Waals surface area contributed by atoms with E-state index in [4.69, 9.17) is 4.98 Å². The van der Waals surface area contributed by atoms with Crippen LogP contribution in [-0.2, 0) is 13.2 Å². The Balaban J connectivity index is 1.56. The van der Waals surface area contributed by atoms with Crippen LogP contribution in [0.5, 0.6) is 0 Å². The van der Waals surface area contributed by atoms with Gasteiger partial charge in [-0.2, -0.15) is 13.2 Å². The predicted molar refractivity (Wildman–Crippen MR) is 129 cm³/mol. The fourth-order valence-corrected chi connectivity index (χ4v) is 5.30. The molecule has 2 fully saturated rings. The molecule has 3 aromatic rings. The van der Waals surface area contributed by atoms with E-state index in [9.17, 15) is 18.3 Å². The molecule has 0 saturated heterocycles. The summed E-state index contributed by atoms with van der Waals surface area (Å²) in [6, 6.07) is 8.25. The van der Waals surface area contributed by atoms with Crippen molar-refractivity contribution < 1.29 is 18.3 Å². The summed E-state index contributed by atoms with van der Waals surface area (Å²) in [4.78, 5) is 14.0. The van der Waals surface area contributed by atoms with Gasteiger partial charge >= 0.3 is 6.18 Å². The maximum Gasteiger partial charge on any atom is 0.391 e. The first-order valence-corrected chi connectivity index (χ1v) is 12.5. The van der Waals surface area contributed by atoms with Gasteiger partial charge in [0.1, 0.15) is 17.9 Å². The number of fused-ring (bicyclic) bond motifs is 1. The first-order valence-electron chi connectivity index (χ1n) is 12.5. The molecule has 2 saturated carbocycles. The van der Waals surface area contributed by atoms with E-state index in [0.29, 0.717) is 42.6 Å². The van der Waals surface area contributed by atoms with Gasteiger partial charge in [0, 0.05) is 18.2 Å². The Labute approximate surface area is 203 Å². The average molecular weight is 488 g/mol. The fourth-order valence-electron chi connectivity index (χ4n) is 5.30. The topological polar surface area (TPSA) is 75.9 Å². The molecule has 1 unspecified atom stereocenters. The summed E-state index contributed by atoms with van der Waals surface area (Å²) >= 11 is 0. The van der Waals surface area contributed by atoms with Crippen LogP contribution in [0, 0.1) is 24.7 Å². The van der Waals surface area contributed by atoms with E-state index >= 15 is 0 Å². The highest BCUT2D eigenvalue weighted by molar-refractivity contribution is 5.87. The number of imidazole rings is 1. The van der Waals surface area contributed by atoms with Crippen LogP contribution in [0.1, 0.15) is 56.8 Å². The molecule has 5 rings (SSSR count). The van der Waals surface area contributed by atoms with Crippen molar-refractivity contribution in [1.82, 2.24) is 19.5 Å². The number of benzene rings is 1. The summed E-state index contributed by atoms with van der Waals surface area (Å²) < 4.78 is 41.8. The van der Waals surface area contributed by atoms with E-state index in [1.807, 2.05) is 25.1 Å². The zero-order chi connectivity index (χ0) is 24.7. The zero-order valence-electron chi connectivity index (χ0n) is 20.1. The van der Waals surface area contributed by atoms with Gasteiger partial charge in [-0.15, -0.1) is 0 Å². The molecule has 2 aliphatic rings. The molecular weight excluding hydrogens is 455 g/mol. The van der Waals surface area contributed by atoms with Crippen LogP contribution in [0.15, 0.2) is 24.3 Å². The number of hydrogen-bond acceptors (Lipinski definition) is 5. The Hall–Kier alpha value is -2.68. The summed E-state index contributed by atoms with van der Waals surface area (Å²) in [5.41, 5.74) is 3.27. The van der Waals surface area contributed by atoms with Crippen LogP contribution in [0.4, 0.5) is 19.0 Å². The number of rotatable bonds is 7. The van der Waals surface area contributed by atoms with Crippen LogP contribution >= 0.6 is 0 Å². The highest BCUT2D eigenvalue weighted by atomic mass is 19.4. The van der Waals surface area contributed by atoms with Crippen molar-refractivity contribution in [3.63, 3.8) is 0 Å². The van der Waals surface area contributed by atoms with E-state index in [1.54, 1.807) is 0 Å². The molecule has 9 heteroatoms. The van der Waals surface area contributed by atoms with Crippen molar-refractivity contribution >= 4 is 17.0 Å². The predicted octanol–water partition coefficient (Wildman–Crippen LogP) is 5.87. The lowest BCUT2D eigenvalue weighted by Gasteiger charge is -2.30. The second-order valence-corrected chi connectivity index (χ2v) is 10.3. The number of aliphatic hydroxyl groups excluding tert-OH is 1. The zero-order valence-corrected chi connectivity index (χ0v) is 20.1. The lowest BCUT2D eigenvalue weighted by atomic mass is 9.81. The van der Waals surface area contributed by atoms with E-state index in [1.165, 1.54) is 12.8 Å². The SMILES string of the molecule is Cc1cccc(-c2nc3nc(CO)nc(NC(C)C4CC4)c3n2CC2CCC(C(F)(F)F)CC2)c1. The Morgan fingerprint density at radius 2 is 1.83 bits per heavy atom. The third-order valence-electron chi connectivity index (χ3n) is 7.51. The van der Waals surface area contributed by atoms with Gasteiger partial charge in [-0.1, -0.05) is 23.8 Å². The van der Waals surface area contributed by atoms with Gasteiger partial charge in [-0.3, -0.25) is 0 Å². The van der Waals surface area contributed by atoms with E-state index in [0.717, 1.165) is 22.5 Å². The molecule has 0 bridgehead atoms. The van der Waals surface area contributed by atoms with E-state index in [-0.39, 0.29) is 31.4 Å². The smallest absolute Gasteiger partial charge is 0.388 e. The average Bonchev–Trinajstić information content (AvgIpc) is 3.61. The molecule has 6 nitrogen and oxygen atoms in total. The maximum atomic E-state index is 13.2. The molecule has 0 aliphatic heterocycles. The standard InChI is InChI=1S/C26H32F3N5O/c1-15-4-3-5-19(12-15)25-33-24-22(23(31-21(14-35)32-24)30-16(2)18-8-9-18)34(25)13-17-6-10-20(11-7-17)26(27,28)29/h3-5,12,16-18,20,35H,6-11,13-14H2,1-2H3,(H,30,31,32). The van der Waals surface area contributed by atoms with Crippen LogP contribution in [0.2, 0.25) is 0 Å². The van der Waals surface area contributed by atoms with Crippen molar-refractivity contribution in [3.8, 4) is 11.4 Å². The van der Waals surface area contributed by atoms with E-state index in [2.05, 4.69) is 32.8 Å². The molecule has 2 N–H and O–H groups in total. The minimum absolute atomic E-state index is 0.112. The Kier molecular flexibility index (Phi) is 6.46. The van der Waals surface area contributed by atoms with E-state index < -0.39 is 12.1 Å². The Bertz CT molecular complexity index is 1200. The first-order chi connectivity index (χ1) is 16.7. The van der Waals surface area contributed by atoms with Gasteiger partial charge in [0.2, 0.25) is 0 Å². The van der Waals surface area contributed by atoms with Gasteiger partial charge in [0.05, 0.1) is 5.92 Å². The second-order valence-electron chi connectivity index (χ2n) is 10.3. The van der Waals surface area contributed by atoms with Crippen LogP contribution < -0.4 is 5.32 Å². The van der Waals surface area contributed by atoms with Gasteiger partial charge < -0.3 is 15.0 Å². The summed E-state index contributed by atoms with van der Waals surface area (Å²) in [7, 11) is 0. The Morgan fingerprint density at radius 3 is 2.46 bits per heavy atom. The van der Waals surface area contributed by atoms with Crippen molar-refractivity contribution in [1.29, 1.82) is 0 Å². The summed E-state index contributed by atoms with van der Waals surface area (Å²) in [5, 5.41) is 13.3. The largest absolute Gasteiger partial charge is 0.391 e. The molecule has 188 valence electrons. The molecule has 2 aromatic heterocycles. The number of anilines is 1. The fraction of sp³-hybridized carbons (Fsp3) is 0.577. The van der Waals surface area contributed by atoms with Gasteiger partial charge in [0.25, 0.3) is 0 Å². The van der Waals surface area contributed by atoms with Gasteiger partial charge in [-0.05, 0) is 70.3 Å². The Morgan fingerprint density at radius 1 is 1.09 bits per heavy atom. The third-order valence-corrected chi connectivity index (χ3v) is 7.51. The molecule has 2 aliphatic carbocycles. The molecular formula is C26H32F3N5O. The number of halogens is 3. The lowest BCUT2D eigenvalue weighted by molar-refractivity contribution is -0.184. The van der Waals surface area contributed by atoms with Crippen LogP contribution in [0.25, 0.3) is 22.6 Å². The van der Waals surface area contributed by atoms with Crippen molar-refractivity contribution in [2.24, 2.45) is 17.8 Å². The van der Waals surface area contributed by atoms with Gasteiger partial charge in [-0.25, -0.2) is 15.0 Å². The molecule has 2 heterocycles. The minimum Gasteiger partial charge on any atom is -0.388 e. The van der Waals surface area contributed by atoms with Crippen molar-refractivity contribution in [3.05, 3.63) is 35.7 Å². The molecule has 35 heavy (non-hydrogen) atoms. The highest BCUT2D eigenvalue weighted by Crippen LogP contribution is 2.41. The molecule has 1 aromatic carbocycles. The van der Waals surface area contributed by atoms with Gasteiger partial charge in [0.15, 0.2) is 17.3 Å². The number of hydrogen-bond donors (Lipinski definition) is 2. The van der Waals surface area contributed by atoms with Crippen molar-refractivity contribution in [2.45, 2.75) is 77.7 Å². The van der Waals surface area contributed by atoms with Crippen molar-refractivity contribution in [2.75, 3.05) is 5.32 Å². The summed E-state index contributed by atoms with van der Waals surface area (Å²) in [6.45, 7) is 4.41. The normalized spacial score (nSPS) is 21.9. The van der Waals surface area contributed by atoms with Crippen LogP contribution in [-0.4, -0.2) is 36.8 Å². The highest BCUT2D eigenvalue weighted by Gasteiger charge is 2.41. The minimum atomic E-state index is -4.12. The lowest BCUT2D eigenvalue weighted by Crippen LogP contribution is -2.29. The molecule has 0 radical (unpaired) electrons. The number of aromatic nitrogens is 4. The third kappa shape index (κ3) is 5.15. The first kappa shape index (κ1) is 24.0.